The summed E-state index contributed by atoms with van der Waals surface area (Å²) in [6.45, 7) is 7.19. The fraction of sp³-hybridized carbons (Fsp3) is 0.625. The van der Waals surface area contributed by atoms with E-state index >= 15 is 0 Å². The van der Waals surface area contributed by atoms with Gasteiger partial charge in [-0.05, 0) is 75.1 Å². The van der Waals surface area contributed by atoms with Crippen LogP contribution in [-0.2, 0) is 0 Å². The summed E-state index contributed by atoms with van der Waals surface area (Å²) in [4.78, 5) is 0. The predicted octanol–water partition coefficient (Wildman–Crippen LogP) is 4.66. The fourth-order valence-electron chi connectivity index (χ4n) is 2.96. The van der Waals surface area contributed by atoms with Crippen LogP contribution >= 0.6 is 12.6 Å². The average molecular weight is 264 g/mol. The molecule has 0 unspecified atom stereocenters. The number of hydrogen-bond acceptors (Lipinski definition) is 2. The Kier molecular flexibility index (Phi) is 4.60. The van der Waals surface area contributed by atoms with Gasteiger partial charge in [0.05, 0.1) is 6.61 Å². The van der Waals surface area contributed by atoms with Crippen molar-refractivity contribution in [1.82, 2.24) is 0 Å². The van der Waals surface area contributed by atoms with Gasteiger partial charge in [0.2, 0.25) is 0 Å². The van der Waals surface area contributed by atoms with Crippen LogP contribution in [0.3, 0.4) is 0 Å². The molecule has 0 bridgehead atoms. The molecule has 1 aromatic rings. The van der Waals surface area contributed by atoms with Crippen molar-refractivity contribution in [3.8, 4) is 5.75 Å². The Morgan fingerprint density at radius 2 is 1.78 bits per heavy atom. The van der Waals surface area contributed by atoms with E-state index in [2.05, 4.69) is 38.6 Å². The van der Waals surface area contributed by atoms with Crippen LogP contribution in [0.25, 0.3) is 0 Å². The van der Waals surface area contributed by atoms with Crippen LogP contribution in [0.2, 0.25) is 0 Å². The lowest BCUT2D eigenvalue weighted by Crippen LogP contribution is -2.14. The van der Waals surface area contributed by atoms with Gasteiger partial charge in [-0.15, -0.1) is 0 Å². The van der Waals surface area contributed by atoms with Gasteiger partial charge >= 0.3 is 0 Å². The van der Waals surface area contributed by atoms with Gasteiger partial charge in [0.1, 0.15) is 5.75 Å². The lowest BCUT2D eigenvalue weighted by atomic mass is 9.81. The summed E-state index contributed by atoms with van der Waals surface area (Å²) in [7, 11) is 0. The van der Waals surface area contributed by atoms with E-state index in [0.29, 0.717) is 5.25 Å². The minimum Gasteiger partial charge on any atom is -0.494 e. The van der Waals surface area contributed by atoms with Crippen molar-refractivity contribution in [2.75, 3.05) is 6.61 Å². The van der Waals surface area contributed by atoms with Crippen molar-refractivity contribution in [2.45, 2.75) is 57.6 Å². The van der Waals surface area contributed by atoms with E-state index in [1.165, 1.54) is 42.4 Å². The van der Waals surface area contributed by atoms with Gasteiger partial charge < -0.3 is 4.74 Å². The number of thiol groups is 1. The number of hydrogen-bond donors (Lipinski definition) is 1. The molecule has 0 aromatic heterocycles. The highest BCUT2D eigenvalue weighted by Gasteiger charge is 2.22. The van der Waals surface area contributed by atoms with Gasteiger partial charge in [-0.1, -0.05) is 6.07 Å². The Morgan fingerprint density at radius 1 is 1.11 bits per heavy atom. The van der Waals surface area contributed by atoms with Crippen molar-refractivity contribution in [3.05, 3.63) is 28.8 Å². The van der Waals surface area contributed by atoms with Crippen LogP contribution < -0.4 is 4.74 Å². The summed E-state index contributed by atoms with van der Waals surface area (Å²) in [5.41, 5.74) is 4.25. The minimum absolute atomic E-state index is 0.616. The van der Waals surface area contributed by atoms with Crippen LogP contribution in [0.15, 0.2) is 12.1 Å². The quantitative estimate of drug-likeness (QED) is 0.781. The second-order valence-corrected chi connectivity index (χ2v) is 6.07. The first-order valence-corrected chi connectivity index (χ1v) is 7.56. The lowest BCUT2D eigenvalue weighted by molar-refractivity contribution is 0.337. The largest absolute Gasteiger partial charge is 0.494 e. The van der Waals surface area contributed by atoms with Crippen LogP contribution in [0.4, 0.5) is 0 Å². The predicted molar refractivity (Wildman–Crippen MR) is 81.1 cm³/mol. The summed E-state index contributed by atoms with van der Waals surface area (Å²) in [5.74, 6) is 1.77. The van der Waals surface area contributed by atoms with Crippen molar-refractivity contribution in [1.29, 1.82) is 0 Å². The normalized spacial score (nSPS) is 24.0. The van der Waals surface area contributed by atoms with Gasteiger partial charge in [0.15, 0.2) is 0 Å². The standard InChI is InChI=1S/C16H24OS/c1-4-17-16-10-9-15(11(2)12(16)3)13-5-7-14(18)8-6-13/h9-10,13-14,18H,4-8H2,1-3H3. The molecule has 0 atom stereocenters. The molecular weight excluding hydrogens is 240 g/mol. The van der Waals surface area contributed by atoms with Crippen LogP contribution in [0.1, 0.15) is 55.2 Å². The molecule has 1 saturated carbocycles. The van der Waals surface area contributed by atoms with E-state index in [1.54, 1.807) is 0 Å². The first-order chi connectivity index (χ1) is 8.63. The van der Waals surface area contributed by atoms with Crippen LogP contribution in [-0.4, -0.2) is 11.9 Å². The molecule has 0 heterocycles. The number of ether oxygens (including phenoxy) is 1. The molecule has 1 aromatic carbocycles. The average Bonchev–Trinajstić information content (AvgIpc) is 2.37. The topological polar surface area (TPSA) is 9.23 Å². The monoisotopic (exact) mass is 264 g/mol. The molecule has 0 N–H and O–H groups in total. The first kappa shape index (κ1) is 13.8. The maximum Gasteiger partial charge on any atom is 0.122 e. The first-order valence-electron chi connectivity index (χ1n) is 7.04. The van der Waals surface area contributed by atoms with E-state index < -0.39 is 0 Å². The molecular formula is C16H24OS. The summed E-state index contributed by atoms with van der Waals surface area (Å²) >= 11 is 4.58. The van der Waals surface area contributed by atoms with E-state index in [0.717, 1.165) is 18.3 Å². The van der Waals surface area contributed by atoms with E-state index in [9.17, 15) is 0 Å². The molecule has 1 nitrogen and oxygen atoms in total. The zero-order chi connectivity index (χ0) is 13.1. The molecule has 0 amide bonds. The highest BCUT2D eigenvalue weighted by atomic mass is 32.1. The van der Waals surface area contributed by atoms with E-state index in [-0.39, 0.29) is 0 Å². The van der Waals surface area contributed by atoms with Gasteiger partial charge in [0, 0.05) is 5.25 Å². The van der Waals surface area contributed by atoms with E-state index in [1.807, 2.05) is 6.92 Å². The second-order valence-electron chi connectivity index (χ2n) is 5.34. The molecule has 0 aliphatic heterocycles. The zero-order valence-electron chi connectivity index (χ0n) is 11.7. The van der Waals surface area contributed by atoms with Gasteiger partial charge in [-0.3, -0.25) is 0 Å². The Hall–Kier alpha value is -0.630. The van der Waals surface area contributed by atoms with Gasteiger partial charge in [0.25, 0.3) is 0 Å². The van der Waals surface area contributed by atoms with Crippen molar-refractivity contribution >= 4 is 12.6 Å². The SMILES string of the molecule is CCOc1ccc(C2CCC(S)CC2)c(C)c1C. The summed E-state index contributed by atoms with van der Waals surface area (Å²) < 4.78 is 5.66. The minimum atomic E-state index is 0.616. The smallest absolute Gasteiger partial charge is 0.122 e. The Bertz CT molecular complexity index is 406. The highest BCUT2D eigenvalue weighted by molar-refractivity contribution is 7.80. The molecule has 1 fully saturated rings. The van der Waals surface area contributed by atoms with Crippen LogP contribution in [0, 0.1) is 13.8 Å². The fourth-order valence-corrected chi connectivity index (χ4v) is 3.26. The molecule has 0 radical (unpaired) electrons. The number of rotatable bonds is 3. The Balaban J connectivity index is 2.21. The molecule has 2 rings (SSSR count). The third kappa shape index (κ3) is 2.85. The molecule has 18 heavy (non-hydrogen) atoms. The molecule has 1 aliphatic rings. The third-order valence-corrected chi connectivity index (χ3v) is 4.73. The molecule has 100 valence electrons. The molecule has 0 saturated heterocycles. The van der Waals surface area contributed by atoms with Crippen LogP contribution in [0.5, 0.6) is 5.75 Å². The van der Waals surface area contributed by atoms with Gasteiger partial charge in [-0.2, -0.15) is 12.6 Å². The van der Waals surface area contributed by atoms with Crippen molar-refractivity contribution < 1.29 is 4.74 Å². The molecule has 0 spiro atoms. The summed E-state index contributed by atoms with van der Waals surface area (Å²) in [5, 5.41) is 0.616. The highest BCUT2D eigenvalue weighted by Crippen LogP contribution is 2.38. The molecule has 1 aliphatic carbocycles. The van der Waals surface area contributed by atoms with Crippen molar-refractivity contribution in [2.24, 2.45) is 0 Å². The Labute approximate surface area is 116 Å². The maximum atomic E-state index is 5.66. The third-order valence-electron chi connectivity index (χ3n) is 4.22. The zero-order valence-corrected chi connectivity index (χ0v) is 12.6. The molecule has 2 heteroatoms. The van der Waals surface area contributed by atoms with E-state index in [4.69, 9.17) is 4.74 Å². The van der Waals surface area contributed by atoms with Gasteiger partial charge in [-0.25, -0.2) is 0 Å². The summed E-state index contributed by atoms with van der Waals surface area (Å²) in [6, 6.07) is 4.42. The second kappa shape index (κ2) is 6.01. The summed E-state index contributed by atoms with van der Waals surface area (Å²) in [6.07, 6.45) is 5.06. The Morgan fingerprint density at radius 3 is 2.39 bits per heavy atom. The number of benzene rings is 1. The van der Waals surface area contributed by atoms with Crippen molar-refractivity contribution in [3.63, 3.8) is 0 Å². The lowest BCUT2D eigenvalue weighted by Gasteiger charge is -2.28. The maximum absolute atomic E-state index is 5.66.